The molecule has 1 heterocycles. The van der Waals surface area contributed by atoms with E-state index >= 15 is 0 Å². The molecule has 0 bridgehead atoms. The maximum Gasteiger partial charge on any atom is 0.251 e. The molecule has 162 valence electrons. The molecule has 0 aromatic heterocycles. The van der Waals surface area contributed by atoms with Crippen LogP contribution in [0.2, 0.25) is 0 Å². The molecule has 0 unspecified atom stereocenters. The van der Waals surface area contributed by atoms with E-state index in [2.05, 4.69) is 41.4 Å². The number of hydrogen-bond acceptors (Lipinski definition) is 4. The first kappa shape index (κ1) is 22.2. The number of nitrogens with one attached hydrogen (secondary N) is 1. The number of sulfonamides is 1. The standard InChI is InChI=1S/C23H31N3O3S/c1-17-13-15-26(16-14-17)22-11-5-19(6-12-22)18(2)24-23(27)20-7-9-21(10-8-20)25(3)30(4,28)29/h5-12,17-18H,13-16H2,1-4H3,(H,24,27)/t18-/m1/s1. The highest BCUT2D eigenvalue weighted by Crippen LogP contribution is 2.25. The number of piperidine rings is 1. The Kier molecular flexibility index (Phi) is 6.71. The van der Waals surface area contributed by atoms with Crippen LogP contribution >= 0.6 is 0 Å². The van der Waals surface area contributed by atoms with Crippen molar-refractivity contribution in [3.8, 4) is 0 Å². The van der Waals surface area contributed by atoms with Gasteiger partial charge >= 0.3 is 0 Å². The molecule has 1 amide bonds. The second-order valence-electron chi connectivity index (χ2n) is 8.23. The number of rotatable bonds is 6. The monoisotopic (exact) mass is 429 g/mol. The van der Waals surface area contributed by atoms with Crippen LogP contribution in [-0.4, -0.2) is 40.7 Å². The van der Waals surface area contributed by atoms with Crippen LogP contribution in [0.3, 0.4) is 0 Å². The number of carbonyl (C=O) groups excluding carboxylic acids is 1. The van der Waals surface area contributed by atoms with E-state index in [1.807, 2.05) is 6.92 Å². The Morgan fingerprint density at radius 3 is 2.17 bits per heavy atom. The Bertz CT molecular complexity index is 964. The Labute approximate surface area is 179 Å². The summed E-state index contributed by atoms with van der Waals surface area (Å²) in [5.41, 5.74) is 3.29. The van der Waals surface area contributed by atoms with Crippen molar-refractivity contribution < 1.29 is 13.2 Å². The smallest absolute Gasteiger partial charge is 0.251 e. The number of anilines is 2. The largest absolute Gasteiger partial charge is 0.372 e. The summed E-state index contributed by atoms with van der Waals surface area (Å²) >= 11 is 0. The first-order chi connectivity index (χ1) is 14.1. The zero-order valence-corrected chi connectivity index (χ0v) is 18.9. The molecule has 1 saturated heterocycles. The third-order valence-electron chi connectivity index (χ3n) is 5.88. The lowest BCUT2D eigenvalue weighted by Gasteiger charge is -2.32. The van der Waals surface area contributed by atoms with Gasteiger partial charge in [0.1, 0.15) is 0 Å². The average molecular weight is 430 g/mol. The number of nitrogens with zero attached hydrogens (tertiary/aromatic N) is 2. The van der Waals surface area contributed by atoms with Crippen LogP contribution < -0.4 is 14.5 Å². The third kappa shape index (κ3) is 5.33. The van der Waals surface area contributed by atoms with Gasteiger partial charge in [-0.15, -0.1) is 0 Å². The molecule has 6 nitrogen and oxygen atoms in total. The van der Waals surface area contributed by atoms with Gasteiger partial charge in [-0.25, -0.2) is 8.42 Å². The van der Waals surface area contributed by atoms with E-state index < -0.39 is 10.0 Å². The van der Waals surface area contributed by atoms with Crippen molar-refractivity contribution in [2.75, 3.05) is 35.6 Å². The fourth-order valence-corrected chi connectivity index (χ4v) is 4.12. The molecule has 0 saturated carbocycles. The minimum atomic E-state index is -3.33. The topological polar surface area (TPSA) is 69.7 Å². The lowest BCUT2D eigenvalue weighted by Crippen LogP contribution is -2.32. The normalized spacial score (nSPS) is 16.2. The lowest BCUT2D eigenvalue weighted by molar-refractivity contribution is 0.0940. The molecular weight excluding hydrogens is 398 g/mol. The summed E-state index contributed by atoms with van der Waals surface area (Å²) in [6, 6.07) is 14.8. The summed E-state index contributed by atoms with van der Waals surface area (Å²) in [7, 11) is -1.84. The van der Waals surface area contributed by atoms with Gasteiger partial charge in [0.15, 0.2) is 0 Å². The highest BCUT2D eigenvalue weighted by Gasteiger charge is 2.17. The molecule has 1 aliphatic rings. The predicted molar refractivity (Wildman–Crippen MR) is 123 cm³/mol. The molecule has 1 N–H and O–H groups in total. The molecule has 7 heteroatoms. The Hall–Kier alpha value is -2.54. The molecule has 0 spiro atoms. The van der Waals surface area contributed by atoms with Crippen molar-refractivity contribution in [3.05, 3.63) is 59.7 Å². The average Bonchev–Trinajstić information content (AvgIpc) is 2.73. The number of amides is 1. The molecule has 1 atom stereocenters. The Balaban J connectivity index is 1.61. The Morgan fingerprint density at radius 1 is 1.07 bits per heavy atom. The highest BCUT2D eigenvalue weighted by atomic mass is 32.2. The molecule has 0 aliphatic carbocycles. The van der Waals surface area contributed by atoms with Gasteiger partial charge in [-0.05, 0) is 67.6 Å². The van der Waals surface area contributed by atoms with Gasteiger partial charge in [0.25, 0.3) is 5.91 Å². The van der Waals surface area contributed by atoms with Crippen molar-refractivity contribution in [1.82, 2.24) is 5.32 Å². The molecule has 1 aliphatic heterocycles. The van der Waals surface area contributed by atoms with E-state index in [1.54, 1.807) is 24.3 Å². The van der Waals surface area contributed by atoms with Crippen LogP contribution in [-0.2, 0) is 10.0 Å². The van der Waals surface area contributed by atoms with Gasteiger partial charge in [0.05, 0.1) is 18.0 Å². The van der Waals surface area contributed by atoms with Crippen LogP contribution in [0.25, 0.3) is 0 Å². The van der Waals surface area contributed by atoms with Crippen molar-refractivity contribution in [1.29, 1.82) is 0 Å². The van der Waals surface area contributed by atoms with Crippen molar-refractivity contribution in [2.45, 2.75) is 32.7 Å². The number of benzene rings is 2. The first-order valence-electron chi connectivity index (χ1n) is 10.3. The van der Waals surface area contributed by atoms with Crippen LogP contribution in [0.1, 0.15) is 48.7 Å². The molecule has 0 radical (unpaired) electrons. The molecule has 30 heavy (non-hydrogen) atoms. The van der Waals surface area contributed by atoms with E-state index in [9.17, 15) is 13.2 Å². The molecule has 1 fully saturated rings. The van der Waals surface area contributed by atoms with Crippen molar-refractivity contribution in [3.63, 3.8) is 0 Å². The number of hydrogen-bond donors (Lipinski definition) is 1. The third-order valence-corrected chi connectivity index (χ3v) is 7.09. The van der Waals surface area contributed by atoms with Crippen LogP contribution in [0.5, 0.6) is 0 Å². The maximum absolute atomic E-state index is 12.6. The van der Waals surface area contributed by atoms with E-state index in [4.69, 9.17) is 0 Å². The minimum Gasteiger partial charge on any atom is -0.372 e. The highest BCUT2D eigenvalue weighted by molar-refractivity contribution is 7.92. The fraction of sp³-hybridized carbons (Fsp3) is 0.435. The van der Waals surface area contributed by atoms with E-state index in [0.717, 1.165) is 30.8 Å². The van der Waals surface area contributed by atoms with Gasteiger partial charge in [0, 0.05) is 31.4 Å². The first-order valence-corrected chi connectivity index (χ1v) is 12.2. The summed E-state index contributed by atoms with van der Waals surface area (Å²) in [5, 5.41) is 3.01. The summed E-state index contributed by atoms with van der Waals surface area (Å²) < 4.78 is 24.5. The summed E-state index contributed by atoms with van der Waals surface area (Å²) in [6.07, 6.45) is 3.60. The van der Waals surface area contributed by atoms with Gasteiger partial charge in [-0.1, -0.05) is 19.1 Å². The zero-order chi connectivity index (χ0) is 21.9. The van der Waals surface area contributed by atoms with Crippen LogP contribution in [0, 0.1) is 5.92 Å². The predicted octanol–water partition coefficient (Wildman–Crippen LogP) is 3.81. The SMILES string of the molecule is CC1CCN(c2ccc([C@@H](C)NC(=O)c3ccc(N(C)S(C)(=O)=O)cc3)cc2)CC1. The van der Waals surface area contributed by atoms with Crippen LogP contribution in [0.15, 0.2) is 48.5 Å². The summed E-state index contributed by atoms with van der Waals surface area (Å²) in [6.45, 7) is 6.46. The molecule has 3 rings (SSSR count). The maximum atomic E-state index is 12.6. The quantitative estimate of drug-likeness (QED) is 0.758. The molecule has 2 aromatic rings. The van der Waals surface area contributed by atoms with Gasteiger partial charge in [0.2, 0.25) is 10.0 Å². The number of carbonyl (C=O) groups is 1. The second kappa shape index (κ2) is 9.08. The van der Waals surface area contributed by atoms with Gasteiger partial charge < -0.3 is 10.2 Å². The summed E-state index contributed by atoms with van der Waals surface area (Å²) in [4.78, 5) is 15.0. The Morgan fingerprint density at radius 2 is 1.63 bits per heavy atom. The van der Waals surface area contributed by atoms with Gasteiger partial charge in [-0.3, -0.25) is 9.10 Å². The summed E-state index contributed by atoms with van der Waals surface area (Å²) in [5.74, 6) is 0.613. The fourth-order valence-electron chi connectivity index (χ4n) is 3.62. The van der Waals surface area contributed by atoms with Crippen molar-refractivity contribution >= 4 is 27.3 Å². The second-order valence-corrected chi connectivity index (χ2v) is 10.2. The van der Waals surface area contributed by atoms with Crippen molar-refractivity contribution in [2.24, 2.45) is 5.92 Å². The van der Waals surface area contributed by atoms with E-state index in [0.29, 0.717) is 11.3 Å². The molecular formula is C23H31N3O3S. The lowest BCUT2D eigenvalue weighted by atomic mass is 9.98. The van der Waals surface area contributed by atoms with Gasteiger partial charge in [-0.2, -0.15) is 0 Å². The van der Waals surface area contributed by atoms with Crippen LogP contribution in [0.4, 0.5) is 11.4 Å². The minimum absolute atomic E-state index is 0.133. The zero-order valence-electron chi connectivity index (χ0n) is 18.1. The van der Waals surface area contributed by atoms with E-state index in [1.165, 1.54) is 29.9 Å². The van der Waals surface area contributed by atoms with E-state index in [-0.39, 0.29) is 11.9 Å². The molecule has 2 aromatic carbocycles.